The molecule has 1 fully saturated rings. The number of nitrogens with zero attached hydrogens (tertiary/aromatic N) is 4. The molecule has 4 rings (SSSR count). The van der Waals surface area contributed by atoms with Crippen molar-refractivity contribution in [3.05, 3.63) is 68.6 Å². The normalized spacial score (nSPS) is 17.0. The molecule has 1 atom stereocenters. The van der Waals surface area contributed by atoms with E-state index in [0.717, 1.165) is 37.4 Å². The summed E-state index contributed by atoms with van der Waals surface area (Å²) >= 11 is 0. The molecule has 1 aliphatic rings. The number of hydrogen-bond acceptors (Lipinski definition) is 6. The van der Waals surface area contributed by atoms with Crippen LogP contribution in [0.25, 0.3) is 10.9 Å². The summed E-state index contributed by atoms with van der Waals surface area (Å²) in [5.74, 6) is -0.195. The summed E-state index contributed by atoms with van der Waals surface area (Å²) in [6.45, 7) is 7.61. The van der Waals surface area contributed by atoms with Crippen LogP contribution in [0.1, 0.15) is 29.9 Å². The molecular formula is C23H28N6O3. The first-order chi connectivity index (χ1) is 15.4. The standard InChI is InChI=1S/C23H28N6O3/c1-4-28-22(31)18-7-5-16(11-20(18)26-23(28)32)14-27-9-10-29(15(2)13-27)17-6-8-19(25-12-17)21(30)24-3/h5-8,11-12,15H,4,9-10,13-14H2,1-3H3,(H,24,30)(H,26,32). The first-order valence-corrected chi connectivity index (χ1v) is 10.8. The molecule has 3 heterocycles. The van der Waals surface area contributed by atoms with Crippen LogP contribution in [-0.2, 0) is 13.1 Å². The molecule has 1 aromatic carbocycles. The maximum absolute atomic E-state index is 12.5. The van der Waals surface area contributed by atoms with Crippen LogP contribution < -0.4 is 21.5 Å². The van der Waals surface area contributed by atoms with Gasteiger partial charge in [0, 0.05) is 45.8 Å². The molecule has 1 aliphatic heterocycles. The summed E-state index contributed by atoms with van der Waals surface area (Å²) in [6.07, 6.45) is 1.75. The van der Waals surface area contributed by atoms with Crippen LogP contribution >= 0.6 is 0 Å². The van der Waals surface area contributed by atoms with E-state index in [1.807, 2.05) is 18.2 Å². The summed E-state index contributed by atoms with van der Waals surface area (Å²) in [4.78, 5) is 48.1. The molecule has 1 amide bonds. The van der Waals surface area contributed by atoms with Gasteiger partial charge >= 0.3 is 5.69 Å². The number of carbonyl (C=O) groups is 1. The average molecular weight is 437 g/mol. The lowest BCUT2D eigenvalue weighted by molar-refractivity contribution is 0.0958. The highest BCUT2D eigenvalue weighted by Crippen LogP contribution is 2.21. The smallest absolute Gasteiger partial charge is 0.328 e. The lowest BCUT2D eigenvalue weighted by Crippen LogP contribution is -2.51. The molecule has 0 spiro atoms. The van der Waals surface area contributed by atoms with E-state index in [4.69, 9.17) is 0 Å². The Labute approximate surface area is 185 Å². The predicted octanol–water partition coefficient (Wildman–Crippen LogP) is 1.18. The van der Waals surface area contributed by atoms with Gasteiger partial charge in [0.15, 0.2) is 0 Å². The highest BCUT2D eigenvalue weighted by atomic mass is 16.2. The molecule has 0 radical (unpaired) electrons. The Hall–Kier alpha value is -3.46. The molecule has 9 nitrogen and oxygen atoms in total. The van der Waals surface area contributed by atoms with E-state index < -0.39 is 0 Å². The number of nitrogens with one attached hydrogen (secondary N) is 2. The molecule has 32 heavy (non-hydrogen) atoms. The fourth-order valence-corrected chi connectivity index (χ4v) is 4.32. The van der Waals surface area contributed by atoms with E-state index in [0.29, 0.717) is 23.1 Å². The third-order valence-electron chi connectivity index (χ3n) is 6.02. The van der Waals surface area contributed by atoms with Gasteiger partial charge in [-0.25, -0.2) is 9.78 Å². The van der Waals surface area contributed by atoms with Crippen molar-refractivity contribution in [2.24, 2.45) is 0 Å². The number of pyridine rings is 1. The molecule has 2 N–H and O–H groups in total. The summed E-state index contributed by atoms with van der Waals surface area (Å²) < 4.78 is 1.21. The number of carbonyl (C=O) groups excluding carboxylic acids is 1. The second-order valence-electron chi connectivity index (χ2n) is 8.12. The highest BCUT2D eigenvalue weighted by Gasteiger charge is 2.24. The van der Waals surface area contributed by atoms with Crippen LogP contribution in [0.15, 0.2) is 46.1 Å². The summed E-state index contributed by atoms with van der Waals surface area (Å²) in [7, 11) is 1.59. The van der Waals surface area contributed by atoms with Gasteiger partial charge in [0.25, 0.3) is 11.5 Å². The van der Waals surface area contributed by atoms with Crippen LogP contribution in [0.3, 0.4) is 0 Å². The maximum atomic E-state index is 12.5. The first-order valence-electron chi connectivity index (χ1n) is 10.8. The number of benzene rings is 1. The topological polar surface area (TPSA) is 103 Å². The molecule has 0 aliphatic carbocycles. The number of H-pyrrole nitrogens is 1. The molecule has 1 saturated heterocycles. The van der Waals surface area contributed by atoms with Crippen LogP contribution in [0.5, 0.6) is 0 Å². The van der Waals surface area contributed by atoms with Gasteiger partial charge in [-0.05, 0) is 43.7 Å². The number of hydrogen-bond donors (Lipinski definition) is 2. The Morgan fingerprint density at radius 1 is 1.22 bits per heavy atom. The summed E-state index contributed by atoms with van der Waals surface area (Å²) in [5.41, 5.74) is 2.41. The molecule has 0 bridgehead atoms. The molecular weight excluding hydrogens is 408 g/mol. The van der Waals surface area contributed by atoms with Crippen molar-refractivity contribution in [2.75, 3.05) is 31.6 Å². The zero-order valence-electron chi connectivity index (χ0n) is 18.6. The Morgan fingerprint density at radius 2 is 2.03 bits per heavy atom. The number of amides is 1. The van der Waals surface area contributed by atoms with Crippen LogP contribution in [0.2, 0.25) is 0 Å². The maximum Gasteiger partial charge on any atom is 0.328 e. The third-order valence-corrected chi connectivity index (χ3v) is 6.02. The monoisotopic (exact) mass is 436 g/mol. The summed E-state index contributed by atoms with van der Waals surface area (Å²) in [6, 6.07) is 9.61. The highest BCUT2D eigenvalue weighted by molar-refractivity contribution is 5.92. The van der Waals surface area contributed by atoms with E-state index in [1.54, 1.807) is 32.3 Å². The third kappa shape index (κ3) is 4.16. The minimum atomic E-state index is -0.375. The number of aromatic nitrogens is 3. The van der Waals surface area contributed by atoms with Gasteiger partial charge in [0.1, 0.15) is 5.69 Å². The lowest BCUT2D eigenvalue weighted by Gasteiger charge is -2.41. The number of rotatable bonds is 5. The van der Waals surface area contributed by atoms with Crippen LogP contribution in [-0.4, -0.2) is 58.1 Å². The van der Waals surface area contributed by atoms with E-state index >= 15 is 0 Å². The zero-order chi connectivity index (χ0) is 22.8. The van der Waals surface area contributed by atoms with Gasteiger partial charge in [0.2, 0.25) is 0 Å². The largest absolute Gasteiger partial charge is 0.365 e. The number of fused-ring (bicyclic) bond motifs is 1. The van der Waals surface area contributed by atoms with Crippen molar-refractivity contribution >= 4 is 22.5 Å². The SMILES string of the molecule is CCn1c(=O)[nH]c2cc(CN3CCN(c4ccc(C(=O)NC)nc4)C(C)C3)ccc2c1=O. The minimum absolute atomic E-state index is 0.195. The lowest BCUT2D eigenvalue weighted by atomic mass is 10.1. The average Bonchev–Trinajstić information content (AvgIpc) is 2.79. The molecule has 9 heteroatoms. The number of aromatic amines is 1. The second-order valence-corrected chi connectivity index (χ2v) is 8.12. The van der Waals surface area contributed by atoms with Crippen molar-refractivity contribution in [3.8, 4) is 0 Å². The molecule has 2 aromatic heterocycles. The van der Waals surface area contributed by atoms with Crippen molar-refractivity contribution in [3.63, 3.8) is 0 Å². The van der Waals surface area contributed by atoms with Crippen molar-refractivity contribution in [1.29, 1.82) is 0 Å². The van der Waals surface area contributed by atoms with Gasteiger partial charge in [-0.3, -0.25) is 19.1 Å². The van der Waals surface area contributed by atoms with Crippen molar-refractivity contribution < 1.29 is 4.79 Å². The Kier molecular flexibility index (Phi) is 6.09. The van der Waals surface area contributed by atoms with Gasteiger partial charge in [-0.15, -0.1) is 0 Å². The van der Waals surface area contributed by atoms with E-state index in [2.05, 4.69) is 32.0 Å². The summed E-state index contributed by atoms with van der Waals surface area (Å²) in [5, 5.41) is 3.11. The number of piperazine rings is 1. The predicted molar refractivity (Wildman–Crippen MR) is 124 cm³/mol. The Balaban J connectivity index is 1.46. The zero-order valence-corrected chi connectivity index (χ0v) is 18.6. The Bertz CT molecular complexity index is 1250. The molecule has 1 unspecified atom stereocenters. The number of anilines is 1. The molecule has 168 valence electrons. The fraction of sp³-hybridized carbons (Fsp3) is 0.391. The van der Waals surface area contributed by atoms with Crippen LogP contribution in [0, 0.1) is 0 Å². The van der Waals surface area contributed by atoms with Gasteiger partial charge in [-0.1, -0.05) is 6.07 Å². The second kappa shape index (κ2) is 8.96. The van der Waals surface area contributed by atoms with Gasteiger partial charge in [-0.2, -0.15) is 0 Å². The Morgan fingerprint density at radius 3 is 2.69 bits per heavy atom. The van der Waals surface area contributed by atoms with E-state index in [9.17, 15) is 14.4 Å². The van der Waals surface area contributed by atoms with E-state index in [1.165, 1.54) is 4.57 Å². The van der Waals surface area contributed by atoms with Crippen molar-refractivity contribution in [1.82, 2.24) is 24.8 Å². The van der Waals surface area contributed by atoms with E-state index in [-0.39, 0.29) is 23.2 Å². The first kappa shape index (κ1) is 21.8. The van der Waals surface area contributed by atoms with Crippen molar-refractivity contribution in [2.45, 2.75) is 33.0 Å². The van der Waals surface area contributed by atoms with Gasteiger partial charge in [0.05, 0.1) is 22.8 Å². The van der Waals surface area contributed by atoms with Crippen LogP contribution in [0.4, 0.5) is 5.69 Å². The minimum Gasteiger partial charge on any atom is -0.365 e. The molecule has 3 aromatic rings. The molecule has 0 saturated carbocycles. The fourth-order valence-electron chi connectivity index (χ4n) is 4.32. The quantitative estimate of drug-likeness (QED) is 0.623. The van der Waals surface area contributed by atoms with Gasteiger partial charge < -0.3 is 15.2 Å².